The van der Waals surface area contributed by atoms with Gasteiger partial charge in [0.2, 0.25) is 0 Å². The molecule has 0 fully saturated rings. The monoisotopic (exact) mass is 391 g/mol. The Kier molecular flexibility index (Phi) is 4.45. The van der Waals surface area contributed by atoms with Crippen LogP contribution in [0.4, 0.5) is 10.1 Å². The van der Waals surface area contributed by atoms with Gasteiger partial charge in [0.1, 0.15) is 5.82 Å². The minimum Gasteiger partial charge on any atom is -0.380 e. The Balaban J connectivity index is 2.13. The predicted octanol–water partition coefficient (Wildman–Crippen LogP) is 5.64. The number of halogens is 3. The normalized spacial score (nSPS) is 10.7. The molecule has 0 aliphatic carbocycles. The molecular formula is C13H12Br2FNS. The zero-order valence-corrected chi connectivity index (χ0v) is 14.0. The van der Waals surface area contributed by atoms with Gasteiger partial charge < -0.3 is 5.32 Å². The standard InChI is InChI=1S/C13H12Br2FNS/c1-7-3-12(16)11(15)5-13(7)17-6-9-4-10(14)8(2)18-9/h3-5,17H,6H2,1-2H3. The van der Waals surface area contributed by atoms with Gasteiger partial charge in [0.15, 0.2) is 0 Å². The fraction of sp³-hybridized carbons (Fsp3) is 0.231. The van der Waals surface area contributed by atoms with E-state index in [4.69, 9.17) is 0 Å². The van der Waals surface area contributed by atoms with Crippen LogP contribution in [-0.4, -0.2) is 0 Å². The van der Waals surface area contributed by atoms with E-state index in [1.807, 2.05) is 6.92 Å². The molecule has 1 nitrogen and oxygen atoms in total. The number of anilines is 1. The summed E-state index contributed by atoms with van der Waals surface area (Å²) < 4.78 is 14.9. The van der Waals surface area contributed by atoms with E-state index in [0.29, 0.717) is 4.47 Å². The van der Waals surface area contributed by atoms with E-state index in [2.05, 4.69) is 50.2 Å². The van der Waals surface area contributed by atoms with Crippen LogP contribution in [0.5, 0.6) is 0 Å². The van der Waals surface area contributed by atoms with Gasteiger partial charge in [-0.15, -0.1) is 11.3 Å². The maximum absolute atomic E-state index is 13.3. The molecule has 0 spiro atoms. The molecule has 0 amide bonds. The van der Waals surface area contributed by atoms with Crippen LogP contribution in [0.25, 0.3) is 0 Å². The Labute approximate surface area is 127 Å². The lowest BCUT2D eigenvalue weighted by Crippen LogP contribution is -2.00. The highest BCUT2D eigenvalue weighted by Gasteiger charge is 2.06. The molecule has 0 saturated heterocycles. The minimum absolute atomic E-state index is 0.229. The highest BCUT2D eigenvalue weighted by Crippen LogP contribution is 2.28. The number of nitrogens with one attached hydrogen (secondary N) is 1. The average Bonchev–Trinajstić information content (AvgIpc) is 2.62. The molecule has 1 N–H and O–H groups in total. The van der Waals surface area contributed by atoms with Crippen LogP contribution >= 0.6 is 43.2 Å². The summed E-state index contributed by atoms with van der Waals surface area (Å²) in [6.07, 6.45) is 0. The molecule has 0 unspecified atom stereocenters. The number of hydrogen-bond acceptors (Lipinski definition) is 2. The van der Waals surface area contributed by atoms with Crippen LogP contribution in [-0.2, 0) is 6.54 Å². The molecule has 0 bridgehead atoms. The average molecular weight is 393 g/mol. The number of thiophene rings is 1. The quantitative estimate of drug-likeness (QED) is 0.712. The van der Waals surface area contributed by atoms with Crippen molar-refractivity contribution in [1.29, 1.82) is 0 Å². The Bertz CT molecular complexity index is 561. The van der Waals surface area contributed by atoms with Gasteiger partial charge in [-0.2, -0.15) is 0 Å². The number of benzene rings is 1. The number of hydrogen-bond donors (Lipinski definition) is 1. The summed E-state index contributed by atoms with van der Waals surface area (Å²) in [5.41, 5.74) is 1.86. The topological polar surface area (TPSA) is 12.0 Å². The number of aryl methyl sites for hydroxylation is 2. The highest BCUT2D eigenvalue weighted by molar-refractivity contribution is 9.10. The van der Waals surface area contributed by atoms with Crippen molar-refractivity contribution in [3.63, 3.8) is 0 Å². The predicted molar refractivity (Wildman–Crippen MR) is 82.9 cm³/mol. The molecule has 0 aliphatic heterocycles. The van der Waals surface area contributed by atoms with Crippen molar-refractivity contribution >= 4 is 48.9 Å². The fourth-order valence-corrected chi connectivity index (χ4v) is 3.51. The van der Waals surface area contributed by atoms with Gasteiger partial charge in [0.05, 0.1) is 4.47 Å². The first-order chi connectivity index (χ1) is 8.47. The van der Waals surface area contributed by atoms with Crippen LogP contribution < -0.4 is 5.32 Å². The summed E-state index contributed by atoms with van der Waals surface area (Å²) in [5.74, 6) is -0.229. The van der Waals surface area contributed by atoms with Crippen LogP contribution in [0, 0.1) is 19.7 Å². The van der Waals surface area contributed by atoms with Crippen molar-refractivity contribution in [2.45, 2.75) is 20.4 Å². The molecule has 1 aromatic carbocycles. The van der Waals surface area contributed by atoms with Gasteiger partial charge in [-0.05, 0) is 69.5 Å². The molecule has 2 rings (SSSR count). The summed E-state index contributed by atoms with van der Waals surface area (Å²) in [6, 6.07) is 5.42. The van der Waals surface area contributed by atoms with E-state index >= 15 is 0 Å². The van der Waals surface area contributed by atoms with Crippen LogP contribution in [0.1, 0.15) is 15.3 Å². The van der Waals surface area contributed by atoms with Crippen molar-refractivity contribution in [2.24, 2.45) is 0 Å². The van der Waals surface area contributed by atoms with Crippen molar-refractivity contribution in [1.82, 2.24) is 0 Å². The molecule has 0 radical (unpaired) electrons. The first kappa shape index (κ1) is 14.0. The SMILES string of the molecule is Cc1cc(F)c(Br)cc1NCc1cc(Br)c(C)s1. The van der Waals surface area contributed by atoms with Crippen molar-refractivity contribution in [3.8, 4) is 0 Å². The molecule has 0 saturated carbocycles. The molecule has 1 aromatic heterocycles. The van der Waals surface area contributed by atoms with E-state index in [-0.39, 0.29) is 5.82 Å². The zero-order chi connectivity index (χ0) is 13.3. The first-order valence-electron chi connectivity index (χ1n) is 5.41. The van der Waals surface area contributed by atoms with Gasteiger partial charge in [0, 0.05) is 26.5 Å². The van der Waals surface area contributed by atoms with Crippen LogP contribution in [0.3, 0.4) is 0 Å². The summed E-state index contributed by atoms with van der Waals surface area (Å²) in [6.45, 7) is 4.72. The summed E-state index contributed by atoms with van der Waals surface area (Å²) in [5, 5.41) is 3.33. The second-order valence-corrected chi connectivity index (χ2v) is 7.10. The largest absolute Gasteiger partial charge is 0.380 e. The Morgan fingerprint density at radius 2 is 1.89 bits per heavy atom. The number of rotatable bonds is 3. The molecule has 0 aliphatic rings. The highest BCUT2D eigenvalue weighted by atomic mass is 79.9. The van der Waals surface area contributed by atoms with E-state index in [1.165, 1.54) is 15.8 Å². The van der Waals surface area contributed by atoms with Crippen molar-refractivity contribution in [2.75, 3.05) is 5.32 Å². The second-order valence-electron chi connectivity index (χ2n) is 4.05. The third-order valence-corrected chi connectivity index (χ3v) is 5.37. The van der Waals surface area contributed by atoms with Gasteiger partial charge in [-0.25, -0.2) is 4.39 Å². The Morgan fingerprint density at radius 1 is 1.17 bits per heavy atom. The summed E-state index contributed by atoms with van der Waals surface area (Å²) in [7, 11) is 0. The zero-order valence-electron chi connectivity index (χ0n) is 9.98. The van der Waals surface area contributed by atoms with Gasteiger partial charge in [0.25, 0.3) is 0 Å². The van der Waals surface area contributed by atoms with Gasteiger partial charge in [-0.1, -0.05) is 0 Å². The maximum Gasteiger partial charge on any atom is 0.137 e. The third-order valence-electron chi connectivity index (χ3n) is 2.63. The molecule has 2 aromatic rings. The van der Waals surface area contributed by atoms with Crippen LogP contribution in [0.2, 0.25) is 0 Å². The second kappa shape index (κ2) is 5.72. The minimum atomic E-state index is -0.229. The molecule has 0 atom stereocenters. The molecule has 5 heteroatoms. The summed E-state index contributed by atoms with van der Waals surface area (Å²) >= 11 is 8.46. The van der Waals surface area contributed by atoms with Crippen molar-refractivity contribution < 1.29 is 4.39 Å². The molecule has 18 heavy (non-hydrogen) atoms. The summed E-state index contributed by atoms with van der Waals surface area (Å²) in [4.78, 5) is 2.52. The van der Waals surface area contributed by atoms with E-state index in [9.17, 15) is 4.39 Å². The fourth-order valence-electron chi connectivity index (χ4n) is 1.62. The van der Waals surface area contributed by atoms with Gasteiger partial charge >= 0.3 is 0 Å². The lowest BCUT2D eigenvalue weighted by atomic mass is 10.2. The first-order valence-corrected chi connectivity index (χ1v) is 7.82. The molecule has 96 valence electrons. The molecular weight excluding hydrogens is 381 g/mol. The smallest absolute Gasteiger partial charge is 0.137 e. The van der Waals surface area contributed by atoms with E-state index in [1.54, 1.807) is 17.4 Å². The third kappa shape index (κ3) is 3.13. The van der Waals surface area contributed by atoms with E-state index in [0.717, 1.165) is 22.3 Å². The lowest BCUT2D eigenvalue weighted by molar-refractivity contribution is 0.620. The van der Waals surface area contributed by atoms with Crippen LogP contribution in [0.15, 0.2) is 27.1 Å². The maximum atomic E-state index is 13.3. The van der Waals surface area contributed by atoms with Gasteiger partial charge in [-0.3, -0.25) is 0 Å². The Hall–Kier alpha value is -0.390. The molecule has 1 heterocycles. The Morgan fingerprint density at radius 3 is 2.50 bits per heavy atom. The lowest BCUT2D eigenvalue weighted by Gasteiger charge is -2.09. The van der Waals surface area contributed by atoms with E-state index < -0.39 is 0 Å². The van der Waals surface area contributed by atoms with Crippen molar-refractivity contribution in [3.05, 3.63) is 48.3 Å².